The largest absolute Gasteiger partial charge is 0.316 e. The van der Waals surface area contributed by atoms with Crippen molar-refractivity contribution in [1.29, 1.82) is 1.34 Å². The lowest BCUT2D eigenvalue weighted by Crippen LogP contribution is -2.17. The lowest BCUT2D eigenvalue weighted by Gasteiger charge is -2.12. The van der Waals surface area contributed by atoms with Crippen LogP contribution in [0.5, 0.6) is 0 Å². The number of rotatable bonds is 5. The van der Waals surface area contributed by atoms with Crippen molar-refractivity contribution in [3.63, 3.8) is 0 Å². The molecular formula is C21H22BO2S. The molecule has 1 aliphatic carbocycles. The Morgan fingerprint density at radius 3 is 2.32 bits per heavy atom. The van der Waals surface area contributed by atoms with E-state index in [1.807, 2.05) is 0 Å². The Labute approximate surface area is 156 Å². The van der Waals surface area contributed by atoms with E-state index in [0.29, 0.717) is 6.42 Å². The molecule has 1 atom stereocenters. The summed E-state index contributed by atoms with van der Waals surface area (Å²) < 4.78 is 12.7. The summed E-state index contributed by atoms with van der Waals surface area (Å²) in [5.41, 5.74) is 8.59. The molecule has 0 bridgehead atoms. The molecule has 2 aromatic rings. The summed E-state index contributed by atoms with van der Waals surface area (Å²) in [5.74, 6) is -0.00224. The van der Waals surface area contributed by atoms with E-state index in [9.17, 15) is 4.79 Å². The summed E-state index contributed by atoms with van der Waals surface area (Å²) in [4.78, 5) is 13.1. The van der Waals surface area contributed by atoms with Crippen molar-refractivity contribution in [2.45, 2.75) is 40.2 Å². The number of ketones is 1. The summed E-state index contributed by atoms with van der Waals surface area (Å²) in [7, 11) is 1.11. The predicted octanol–water partition coefficient (Wildman–Crippen LogP) is 4.65. The highest BCUT2D eigenvalue weighted by molar-refractivity contribution is 8.15. The second-order valence-corrected chi connectivity index (χ2v) is 7.09. The Kier molecular flexibility index (Phi) is 4.82. The van der Waals surface area contributed by atoms with Gasteiger partial charge in [0.05, 0.1) is 0 Å². The number of hydrogen-bond donors (Lipinski definition) is 0. The van der Waals surface area contributed by atoms with Gasteiger partial charge in [-0.1, -0.05) is 53.9 Å². The highest BCUT2D eigenvalue weighted by Crippen LogP contribution is 2.40. The van der Waals surface area contributed by atoms with E-state index < -0.39 is 6.10 Å². The van der Waals surface area contributed by atoms with Crippen molar-refractivity contribution in [3.05, 3.63) is 69.8 Å². The summed E-state index contributed by atoms with van der Waals surface area (Å²) in [6, 6.07) is 12.5. The van der Waals surface area contributed by atoms with Crippen molar-refractivity contribution in [1.82, 2.24) is 0 Å². The highest BCUT2D eigenvalue weighted by Gasteiger charge is 2.35. The van der Waals surface area contributed by atoms with Gasteiger partial charge in [0, 0.05) is 12.0 Å². The molecule has 0 aromatic heterocycles. The molecule has 1 radical (unpaired) electrons. The van der Waals surface area contributed by atoms with Crippen molar-refractivity contribution in [3.8, 4) is 0 Å². The molecule has 0 aliphatic heterocycles. The highest BCUT2D eigenvalue weighted by atomic mass is 32.2. The second-order valence-electron chi connectivity index (χ2n) is 6.70. The Bertz CT molecular complexity index is 851. The van der Waals surface area contributed by atoms with E-state index in [4.69, 9.17) is 5.52 Å². The first-order chi connectivity index (χ1) is 12.4. The number of aryl methyl sites for hydroxylation is 3. The second kappa shape index (κ2) is 7.23. The van der Waals surface area contributed by atoms with Gasteiger partial charge < -0.3 is 4.18 Å². The minimum absolute atomic E-state index is 0.00224. The van der Waals surface area contributed by atoms with Crippen molar-refractivity contribution in [2.75, 3.05) is 0 Å². The molecule has 1 unspecified atom stereocenters. The number of carbonyl (C=O) groups is 1. The third kappa shape index (κ3) is 3.46. The monoisotopic (exact) mass is 351 g/mol. The van der Waals surface area contributed by atoms with Crippen LogP contribution in [-0.2, 0) is 8.98 Å². The first-order valence-electron chi connectivity index (χ1n) is 8.95. The van der Waals surface area contributed by atoms with Gasteiger partial charge in [0.1, 0.15) is 6.10 Å². The van der Waals surface area contributed by atoms with Crippen LogP contribution in [0.4, 0.5) is 0 Å². The van der Waals surface area contributed by atoms with Gasteiger partial charge in [-0.2, -0.15) is 0 Å². The minimum Gasteiger partial charge on any atom is -0.316 e. The van der Waals surface area contributed by atoms with Crippen LogP contribution in [-0.4, -0.2) is 20.3 Å². The first kappa shape index (κ1) is 16.7. The van der Waals surface area contributed by atoms with Crippen LogP contribution in [0.25, 0.3) is 11.1 Å². The van der Waals surface area contributed by atoms with Crippen LogP contribution < -0.4 is 0 Å². The number of carbonyl (C=O) groups excluding carboxylic acids is 1. The third-order valence-corrected chi connectivity index (χ3v) is 5.36. The predicted molar refractivity (Wildman–Crippen MR) is 108 cm³/mol. The lowest BCUT2D eigenvalue weighted by atomic mass is 9.92. The van der Waals surface area contributed by atoms with Crippen LogP contribution in [0.1, 0.15) is 39.8 Å². The van der Waals surface area contributed by atoms with Crippen LogP contribution in [0.2, 0.25) is 0 Å². The van der Waals surface area contributed by atoms with E-state index in [0.717, 1.165) is 41.3 Å². The zero-order valence-corrected chi connectivity index (χ0v) is 15.9. The molecule has 0 saturated heterocycles. The number of hydrogen-bond acceptors (Lipinski definition) is 3. The molecule has 4 heteroatoms. The van der Waals surface area contributed by atoms with Gasteiger partial charge in [-0.05, 0) is 62.4 Å². The maximum Gasteiger partial charge on any atom is 0.209 e. The Morgan fingerprint density at radius 1 is 1.08 bits per heavy atom. The molecule has 2 aromatic carbocycles. The van der Waals surface area contributed by atoms with Crippen molar-refractivity contribution < 1.29 is 8.98 Å². The minimum atomic E-state index is -0.546. The van der Waals surface area contributed by atoms with E-state index in [-0.39, 0.29) is 5.78 Å². The standard InChI is InChI=1S/C21H22BO2S/c1-12-5-7-16(8-6-12)18-11-19(24-25-22)21(23)20(18)17-9-13(2)15(4)14(3)10-17/h5-10,19,22H,11H2,1-4H3/i22T. The maximum atomic E-state index is 13.1. The summed E-state index contributed by atoms with van der Waals surface area (Å²) in [6.07, 6.45) is -0.0147. The van der Waals surface area contributed by atoms with Gasteiger partial charge in [0.2, 0.25) is 7.09 Å². The molecule has 0 amide bonds. The van der Waals surface area contributed by atoms with Crippen molar-refractivity contribution >= 4 is 35.9 Å². The normalized spacial score (nSPS) is 17.8. The van der Waals surface area contributed by atoms with Gasteiger partial charge in [-0.25, -0.2) is 0 Å². The Morgan fingerprint density at radius 2 is 1.72 bits per heavy atom. The SMILES string of the molecule is [3H][B]SOC1CC(c2ccc(C)cc2)=C(c2cc(C)c(C)c(C)c2)C1=O. The molecule has 0 saturated carbocycles. The Balaban J connectivity index is 2.12. The summed E-state index contributed by atoms with van der Waals surface area (Å²) in [5, 5.41) is 0. The molecular weight excluding hydrogens is 327 g/mol. The maximum absolute atomic E-state index is 13.1. The molecule has 0 spiro atoms. The quantitative estimate of drug-likeness (QED) is 0.579. The summed E-state index contributed by atoms with van der Waals surface area (Å²) in [6.45, 7) is 8.32. The van der Waals surface area contributed by atoms with Crippen LogP contribution in [0.3, 0.4) is 0 Å². The van der Waals surface area contributed by atoms with E-state index in [1.165, 1.54) is 22.3 Å². The molecule has 25 heavy (non-hydrogen) atoms. The zero-order valence-electron chi connectivity index (χ0n) is 16.1. The third-order valence-electron chi connectivity index (χ3n) is 5.02. The zero-order chi connectivity index (χ0) is 18.8. The molecule has 1 aliphatic rings. The molecule has 127 valence electrons. The number of benzene rings is 2. The summed E-state index contributed by atoms with van der Waals surface area (Å²) >= 11 is 0.909. The lowest BCUT2D eigenvalue weighted by molar-refractivity contribution is -0.118. The van der Waals surface area contributed by atoms with E-state index in [2.05, 4.69) is 64.1 Å². The van der Waals surface area contributed by atoms with Gasteiger partial charge in [0.25, 0.3) is 0 Å². The van der Waals surface area contributed by atoms with Gasteiger partial charge >= 0.3 is 0 Å². The topological polar surface area (TPSA) is 26.3 Å². The molecule has 0 N–H and O–H groups in total. The van der Waals surface area contributed by atoms with Crippen molar-refractivity contribution in [2.24, 2.45) is 0 Å². The smallest absolute Gasteiger partial charge is 0.209 e. The first-order valence-corrected chi connectivity index (χ1v) is 9.17. The molecule has 0 fully saturated rings. The van der Waals surface area contributed by atoms with E-state index in [1.54, 1.807) is 0 Å². The van der Waals surface area contributed by atoms with Crippen LogP contribution in [0.15, 0.2) is 36.4 Å². The fraction of sp³-hybridized carbons (Fsp3) is 0.286. The van der Waals surface area contributed by atoms with Gasteiger partial charge in [0.15, 0.2) is 5.78 Å². The fourth-order valence-electron chi connectivity index (χ4n) is 3.35. The average molecular weight is 351 g/mol. The average Bonchev–Trinajstić information content (AvgIpc) is 2.94. The van der Waals surface area contributed by atoms with Crippen LogP contribution in [0, 0.1) is 27.7 Å². The van der Waals surface area contributed by atoms with Crippen LogP contribution >= 0.6 is 11.9 Å². The molecule has 0 heterocycles. The van der Waals surface area contributed by atoms with Gasteiger partial charge in [-0.15, -0.1) is 0 Å². The molecule has 3 rings (SSSR count). The van der Waals surface area contributed by atoms with E-state index >= 15 is 0 Å². The van der Waals surface area contributed by atoms with Gasteiger partial charge in [-0.3, -0.25) is 4.79 Å². The Hall–Kier alpha value is -1.78. The molecule has 2 nitrogen and oxygen atoms in total. The number of Topliss-reactive ketones (excluding diaryl/α,β-unsaturated/α-hetero) is 1. The fourth-order valence-corrected chi connectivity index (χ4v) is 3.64.